The molecule has 3 rings (SSSR count). The average molecular weight is 420 g/mol. The molecule has 1 aliphatic rings. The first-order valence-corrected chi connectivity index (χ1v) is 11.1. The van der Waals surface area contributed by atoms with Crippen LogP contribution in [0, 0.1) is 11.8 Å². The molecule has 2 aromatic rings. The minimum atomic E-state index is -0.408. The summed E-state index contributed by atoms with van der Waals surface area (Å²) in [5.41, 5.74) is 0. The Morgan fingerprint density at radius 1 is 1.18 bits per heavy atom. The quantitative estimate of drug-likeness (QED) is 0.524. The summed E-state index contributed by atoms with van der Waals surface area (Å²) in [6.07, 6.45) is 3.32. The number of benzene rings is 2. The zero-order valence-electron chi connectivity index (χ0n) is 16.2. The lowest BCUT2D eigenvalue weighted by molar-refractivity contribution is -0.146. The minimum absolute atomic E-state index is 0.133. The third-order valence-corrected chi connectivity index (χ3v) is 6.92. The number of hydrogen-bond donors (Lipinski definition) is 1. The van der Waals surface area contributed by atoms with E-state index in [4.69, 9.17) is 16.3 Å². The van der Waals surface area contributed by atoms with E-state index in [0.717, 1.165) is 28.5 Å². The number of ether oxygens (including phenoxy) is 1. The Morgan fingerprint density at radius 3 is 2.71 bits per heavy atom. The van der Waals surface area contributed by atoms with E-state index < -0.39 is 5.97 Å². The van der Waals surface area contributed by atoms with E-state index in [2.05, 4.69) is 19.2 Å². The van der Waals surface area contributed by atoms with Crippen LogP contribution in [-0.4, -0.2) is 30.3 Å². The summed E-state index contributed by atoms with van der Waals surface area (Å²) in [5, 5.41) is 5.64. The van der Waals surface area contributed by atoms with Gasteiger partial charge in [0.05, 0.1) is 5.75 Å². The van der Waals surface area contributed by atoms with Gasteiger partial charge in [0.1, 0.15) is 0 Å². The Kier molecular flexibility index (Phi) is 7.24. The fourth-order valence-corrected chi connectivity index (χ4v) is 4.98. The summed E-state index contributed by atoms with van der Waals surface area (Å²) >= 11 is 7.68. The highest BCUT2D eigenvalue weighted by molar-refractivity contribution is 8.00. The van der Waals surface area contributed by atoms with Crippen molar-refractivity contribution in [2.45, 2.75) is 44.0 Å². The van der Waals surface area contributed by atoms with Crippen LogP contribution >= 0.6 is 23.4 Å². The number of esters is 1. The van der Waals surface area contributed by atoms with Gasteiger partial charge in [-0.2, -0.15) is 0 Å². The number of nitrogens with one attached hydrogen (secondary N) is 1. The Labute approximate surface area is 175 Å². The topological polar surface area (TPSA) is 55.4 Å². The van der Waals surface area contributed by atoms with Gasteiger partial charge in [0.2, 0.25) is 0 Å². The molecule has 0 aromatic heterocycles. The maximum atomic E-state index is 12.1. The lowest BCUT2D eigenvalue weighted by Crippen LogP contribution is -2.45. The molecular formula is C22H26ClNO3S. The molecule has 0 unspecified atom stereocenters. The third-order valence-electron chi connectivity index (χ3n) is 5.58. The van der Waals surface area contributed by atoms with Gasteiger partial charge in [-0.05, 0) is 35.8 Å². The molecule has 0 spiro atoms. The van der Waals surface area contributed by atoms with Crippen molar-refractivity contribution in [2.75, 3.05) is 12.4 Å². The molecule has 1 N–H and O–H groups in total. The minimum Gasteiger partial charge on any atom is -0.455 e. The molecule has 1 amide bonds. The maximum absolute atomic E-state index is 12.1. The standard InChI is InChI=1S/C22H26ClNO3S/c1-14-6-3-10-18(15(14)2)24-20(25)12-27-21(26)13-28-19-11-5-8-16-7-4-9-17(23)22(16)19/h4-5,7-9,11,14-15,18H,3,6,10,12-13H2,1-2H3,(H,24,25)/t14-,15+,18+/m0/s1. The van der Waals surface area contributed by atoms with Gasteiger partial charge >= 0.3 is 5.97 Å². The molecular weight excluding hydrogens is 394 g/mol. The largest absolute Gasteiger partial charge is 0.455 e. The van der Waals surface area contributed by atoms with Crippen molar-refractivity contribution in [2.24, 2.45) is 11.8 Å². The fraction of sp³-hybridized carbons (Fsp3) is 0.455. The van der Waals surface area contributed by atoms with Crippen molar-refractivity contribution in [1.29, 1.82) is 0 Å². The molecule has 2 aromatic carbocycles. The Hall–Kier alpha value is -1.72. The summed E-state index contributed by atoms with van der Waals surface area (Å²) < 4.78 is 5.17. The van der Waals surface area contributed by atoms with Crippen molar-refractivity contribution in [3.05, 3.63) is 41.4 Å². The van der Waals surface area contributed by atoms with Gasteiger partial charge in [-0.3, -0.25) is 9.59 Å². The monoisotopic (exact) mass is 419 g/mol. The Bertz CT molecular complexity index is 852. The molecule has 3 atom stereocenters. The fourth-order valence-electron chi connectivity index (χ4n) is 3.74. The molecule has 6 heteroatoms. The Morgan fingerprint density at radius 2 is 1.93 bits per heavy atom. The predicted octanol–water partition coefficient (Wildman–Crippen LogP) is 5.07. The SMILES string of the molecule is C[C@@H]1[C@@H](C)CCC[C@H]1NC(=O)COC(=O)CSc1cccc2cccc(Cl)c12. The average Bonchev–Trinajstić information content (AvgIpc) is 2.68. The van der Waals surface area contributed by atoms with Crippen LogP contribution in [0.25, 0.3) is 10.8 Å². The van der Waals surface area contributed by atoms with Crippen molar-refractivity contribution in [3.63, 3.8) is 0 Å². The first kappa shape index (κ1) is 21.0. The summed E-state index contributed by atoms with van der Waals surface area (Å²) in [4.78, 5) is 25.2. The second-order valence-electron chi connectivity index (χ2n) is 7.48. The lowest BCUT2D eigenvalue weighted by Gasteiger charge is -2.34. The van der Waals surface area contributed by atoms with Gasteiger partial charge < -0.3 is 10.1 Å². The summed E-state index contributed by atoms with van der Waals surface area (Å²) in [5.74, 6) is 0.548. The summed E-state index contributed by atoms with van der Waals surface area (Å²) in [6, 6.07) is 11.8. The number of thioether (sulfide) groups is 1. The number of hydrogen-bond acceptors (Lipinski definition) is 4. The van der Waals surface area contributed by atoms with Crippen LogP contribution in [0.4, 0.5) is 0 Å². The van der Waals surface area contributed by atoms with E-state index in [1.807, 2.05) is 36.4 Å². The molecule has 4 nitrogen and oxygen atoms in total. The van der Waals surface area contributed by atoms with Crippen LogP contribution in [0.2, 0.25) is 5.02 Å². The van der Waals surface area contributed by atoms with Crippen LogP contribution in [0.15, 0.2) is 41.3 Å². The van der Waals surface area contributed by atoms with E-state index in [1.54, 1.807) is 0 Å². The number of carbonyl (C=O) groups excluding carboxylic acids is 2. The summed E-state index contributed by atoms with van der Waals surface area (Å²) in [7, 11) is 0. The third kappa shape index (κ3) is 5.21. The molecule has 0 saturated heterocycles. The van der Waals surface area contributed by atoms with Gasteiger partial charge in [0, 0.05) is 21.3 Å². The molecule has 150 valence electrons. The van der Waals surface area contributed by atoms with Crippen LogP contribution in [0.1, 0.15) is 33.1 Å². The molecule has 0 heterocycles. The van der Waals surface area contributed by atoms with Crippen LogP contribution < -0.4 is 5.32 Å². The predicted molar refractivity (Wildman–Crippen MR) is 115 cm³/mol. The normalized spacial score (nSPS) is 22.0. The van der Waals surface area contributed by atoms with Gasteiger partial charge in [-0.15, -0.1) is 11.8 Å². The van der Waals surface area contributed by atoms with Gasteiger partial charge in [-0.1, -0.05) is 62.6 Å². The highest BCUT2D eigenvalue weighted by atomic mass is 35.5. The van der Waals surface area contributed by atoms with E-state index in [0.29, 0.717) is 16.9 Å². The first-order chi connectivity index (χ1) is 13.5. The number of halogens is 1. The van der Waals surface area contributed by atoms with Gasteiger partial charge in [0.25, 0.3) is 5.91 Å². The van der Waals surface area contributed by atoms with E-state index in [-0.39, 0.29) is 24.3 Å². The molecule has 0 radical (unpaired) electrons. The second-order valence-corrected chi connectivity index (χ2v) is 8.91. The van der Waals surface area contributed by atoms with Crippen molar-refractivity contribution >= 4 is 46.0 Å². The van der Waals surface area contributed by atoms with E-state index >= 15 is 0 Å². The van der Waals surface area contributed by atoms with Crippen molar-refractivity contribution in [3.8, 4) is 0 Å². The van der Waals surface area contributed by atoms with E-state index in [9.17, 15) is 9.59 Å². The smallest absolute Gasteiger partial charge is 0.316 e. The van der Waals surface area contributed by atoms with Crippen LogP contribution in [0.3, 0.4) is 0 Å². The van der Waals surface area contributed by atoms with Gasteiger partial charge in [0.15, 0.2) is 6.61 Å². The molecule has 0 aliphatic heterocycles. The lowest BCUT2D eigenvalue weighted by atomic mass is 9.78. The Balaban J connectivity index is 1.48. The second kappa shape index (κ2) is 9.66. The van der Waals surface area contributed by atoms with Crippen molar-refractivity contribution < 1.29 is 14.3 Å². The van der Waals surface area contributed by atoms with Gasteiger partial charge in [-0.25, -0.2) is 0 Å². The molecule has 0 bridgehead atoms. The van der Waals surface area contributed by atoms with Crippen molar-refractivity contribution in [1.82, 2.24) is 5.32 Å². The van der Waals surface area contributed by atoms with E-state index in [1.165, 1.54) is 18.2 Å². The maximum Gasteiger partial charge on any atom is 0.316 e. The highest BCUT2D eigenvalue weighted by Crippen LogP contribution is 2.33. The van der Waals surface area contributed by atoms with Crippen LogP contribution in [0.5, 0.6) is 0 Å². The number of rotatable bonds is 6. The molecule has 28 heavy (non-hydrogen) atoms. The zero-order chi connectivity index (χ0) is 20.1. The first-order valence-electron chi connectivity index (χ1n) is 9.70. The number of fused-ring (bicyclic) bond motifs is 1. The number of carbonyl (C=O) groups is 2. The molecule has 1 saturated carbocycles. The molecule has 1 fully saturated rings. The molecule has 1 aliphatic carbocycles. The highest BCUT2D eigenvalue weighted by Gasteiger charge is 2.28. The number of amides is 1. The van der Waals surface area contributed by atoms with Crippen LogP contribution in [-0.2, 0) is 14.3 Å². The zero-order valence-corrected chi connectivity index (χ0v) is 17.8. The summed E-state index contributed by atoms with van der Waals surface area (Å²) in [6.45, 7) is 4.17.